The first-order valence-corrected chi connectivity index (χ1v) is 6.13. The molecule has 0 amide bonds. The van der Waals surface area contributed by atoms with Gasteiger partial charge in [0.25, 0.3) is 0 Å². The number of hydrogen-bond acceptors (Lipinski definition) is 3. The molecule has 0 spiro atoms. The van der Waals surface area contributed by atoms with Gasteiger partial charge in [-0.25, -0.2) is 0 Å². The van der Waals surface area contributed by atoms with E-state index in [1.165, 1.54) is 11.1 Å². The number of nitrogens with one attached hydrogen (secondary N) is 1. The van der Waals surface area contributed by atoms with E-state index in [-0.39, 0.29) is 0 Å². The number of nitrogens with zero attached hydrogens (tertiary/aromatic N) is 2. The predicted molar refractivity (Wildman–Crippen MR) is 71.7 cm³/mol. The smallest absolute Gasteiger partial charge is 0.119 e. The Hall–Kier alpha value is -1.81. The summed E-state index contributed by atoms with van der Waals surface area (Å²) in [7, 11) is 1.94. The van der Waals surface area contributed by atoms with Gasteiger partial charge in [-0.15, -0.1) is 0 Å². The van der Waals surface area contributed by atoms with Gasteiger partial charge in [-0.3, -0.25) is 4.68 Å². The molecular formula is C14H19N3O. The highest BCUT2D eigenvalue weighted by Gasteiger charge is 1.98. The monoisotopic (exact) mass is 245 g/mol. The molecule has 2 rings (SSSR count). The largest absolute Gasteiger partial charge is 0.492 e. The minimum absolute atomic E-state index is 0.629. The lowest BCUT2D eigenvalue weighted by Crippen LogP contribution is -2.09. The van der Waals surface area contributed by atoms with Crippen molar-refractivity contribution in [3.63, 3.8) is 0 Å². The summed E-state index contributed by atoms with van der Waals surface area (Å²) in [6.07, 6.45) is 3.87. The molecule has 0 bridgehead atoms. The molecule has 18 heavy (non-hydrogen) atoms. The van der Waals surface area contributed by atoms with Crippen LogP contribution in [0.25, 0.3) is 0 Å². The van der Waals surface area contributed by atoms with Crippen molar-refractivity contribution in [3.8, 4) is 5.75 Å². The van der Waals surface area contributed by atoms with Crippen LogP contribution < -0.4 is 10.1 Å². The third-order valence-corrected chi connectivity index (χ3v) is 2.63. The maximum atomic E-state index is 5.72. The molecule has 4 heteroatoms. The van der Waals surface area contributed by atoms with Gasteiger partial charge in [-0.05, 0) is 37.2 Å². The number of ether oxygens (including phenoxy) is 1. The average Bonchev–Trinajstić information content (AvgIpc) is 2.76. The van der Waals surface area contributed by atoms with Gasteiger partial charge in [0.2, 0.25) is 0 Å². The summed E-state index contributed by atoms with van der Waals surface area (Å²) in [4.78, 5) is 0. The fraction of sp³-hybridized carbons (Fsp3) is 0.357. The summed E-state index contributed by atoms with van der Waals surface area (Å²) >= 11 is 0. The van der Waals surface area contributed by atoms with Crippen molar-refractivity contribution in [3.05, 3.63) is 47.8 Å². The zero-order chi connectivity index (χ0) is 12.8. The summed E-state index contributed by atoms with van der Waals surface area (Å²) in [5.41, 5.74) is 2.40. The van der Waals surface area contributed by atoms with Crippen LogP contribution in [-0.2, 0) is 13.1 Å². The molecule has 0 saturated carbocycles. The third-order valence-electron chi connectivity index (χ3n) is 2.63. The predicted octanol–water partition coefficient (Wildman–Crippen LogP) is 1.99. The van der Waals surface area contributed by atoms with Crippen LogP contribution in [0.2, 0.25) is 0 Å². The Morgan fingerprint density at radius 1 is 1.39 bits per heavy atom. The van der Waals surface area contributed by atoms with Gasteiger partial charge in [-0.2, -0.15) is 5.10 Å². The zero-order valence-electron chi connectivity index (χ0n) is 10.9. The Bertz CT molecular complexity index is 493. The first-order chi connectivity index (χ1) is 8.78. The quantitative estimate of drug-likeness (QED) is 0.846. The van der Waals surface area contributed by atoms with E-state index in [9.17, 15) is 0 Å². The highest BCUT2D eigenvalue weighted by molar-refractivity contribution is 5.28. The van der Waals surface area contributed by atoms with Crippen molar-refractivity contribution in [2.45, 2.75) is 20.0 Å². The van der Waals surface area contributed by atoms with E-state index < -0.39 is 0 Å². The molecule has 0 aliphatic carbocycles. The minimum Gasteiger partial charge on any atom is -0.492 e. The molecule has 0 radical (unpaired) electrons. The van der Waals surface area contributed by atoms with E-state index in [1.807, 2.05) is 43.2 Å². The van der Waals surface area contributed by atoms with Crippen LogP contribution >= 0.6 is 0 Å². The standard InChI is InChI=1S/C14H19N3O/c1-12-9-16-17(11-12)6-7-18-14-5-3-4-13(8-14)10-15-2/h3-5,8-9,11,15H,6-7,10H2,1-2H3. The fourth-order valence-corrected chi connectivity index (χ4v) is 1.80. The minimum atomic E-state index is 0.629. The summed E-state index contributed by atoms with van der Waals surface area (Å²) in [6.45, 7) is 4.29. The Morgan fingerprint density at radius 3 is 3.00 bits per heavy atom. The van der Waals surface area contributed by atoms with Crippen molar-refractivity contribution in [2.24, 2.45) is 0 Å². The molecule has 0 fully saturated rings. The molecule has 0 unspecified atom stereocenters. The van der Waals surface area contributed by atoms with Gasteiger partial charge < -0.3 is 10.1 Å². The van der Waals surface area contributed by atoms with Gasteiger partial charge in [0, 0.05) is 12.7 Å². The molecule has 0 saturated heterocycles. The molecule has 0 aliphatic heterocycles. The van der Waals surface area contributed by atoms with Crippen LogP contribution in [0.1, 0.15) is 11.1 Å². The maximum absolute atomic E-state index is 5.72. The van der Waals surface area contributed by atoms with E-state index in [0.717, 1.165) is 18.8 Å². The molecule has 96 valence electrons. The number of benzene rings is 1. The Labute approximate surface area is 108 Å². The van der Waals surface area contributed by atoms with Crippen molar-refractivity contribution in [1.82, 2.24) is 15.1 Å². The number of aromatic nitrogens is 2. The van der Waals surface area contributed by atoms with Gasteiger partial charge >= 0.3 is 0 Å². The van der Waals surface area contributed by atoms with Crippen molar-refractivity contribution in [1.29, 1.82) is 0 Å². The third kappa shape index (κ3) is 3.60. The first-order valence-electron chi connectivity index (χ1n) is 6.13. The highest BCUT2D eigenvalue weighted by atomic mass is 16.5. The molecule has 4 nitrogen and oxygen atoms in total. The fourth-order valence-electron chi connectivity index (χ4n) is 1.80. The summed E-state index contributed by atoms with van der Waals surface area (Å²) in [5, 5.41) is 7.35. The van der Waals surface area contributed by atoms with Crippen LogP contribution in [0.4, 0.5) is 0 Å². The second-order valence-electron chi connectivity index (χ2n) is 4.31. The second kappa shape index (κ2) is 6.21. The van der Waals surface area contributed by atoms with Crippen LogP contribution in [0.5, 0.6) is 5.75 Å². The summed E-state index contributed by atoms with van der Waals surface area (Å²) in [5.74, 6) is 0.909. The molecule has 1 aromatic heterocycles. The highest BCUT2D eigenvalue weighted by Crippen LogP contribution is 2.13. The molecule has 0 aliphatic rings. The summed E-state index contributed by atoms with van der Waals surface area (Å²) < 4.78 is 7.61. The van der Waals surface area contributed by atoms with Crippen LogP contribution in [0, 0.1) is 6.92 Å². The van der Waals surface area contributed by atoms with Gasteiger partial charge in [0.1, 0.15) is 12.4 Å². The topological polar surface area (TPSA) is 39.1 Å². The van der Waals surface area contributed by atoms with Crippen LogP contribution in [0.3, 0.4) is 0 Å². The normalized spacial score (nSPS) is 10.6. The molecule has 1 N–H and O–H groups in total. The van der Waals surface area contributed by atoms with Crippen molar-refractivity contribution < 1.29 is 4.74 Å². The van der Waals surface area contributed by atoms with E-state index >= 15 is 0 Å². The molecule has 1 aromatic carbocycles. The van der Waals surface area contributed by atoms with Crippen molar-refractivity contribution in [2.75, 3.05) is 13.7 Å². The Kier molecular flexibility index (Phi) is 4.36. The van der Waals surface area contributed by atoms with Crippen LogP contribution in [0.15, 0.2) is 36.7 Å². The lowest BCUT2D eigenvalue weighted by molar-refractivity contribution is 0.291. The van der Waals surface area contributed by atoms with Gasteiger partial charge in [-0.1, -0.05) is 12.1 Å². The lowest BCUT2D eigenvalue weighted by Gasteiger charge is -2.08. The van der Waals surface area contributed by atoms with E-state index in [4.69, 9.17) is 4.74 Å². The van der Waals surface area contributed by atoms with Gasteiger partial charge in [0.15, 0.2) is 0 Å². The molecule has 1 heterocycles. The molecule has 2 aromatic rings. The van der Waals surface area contributed by atoms with E-state index in [1.54, 1.807) is 0 Å². The Balaban J connectivity index is 1.84. The zero-order valence-corrected chi connectivity index (χ0v) is 10.9. The number of aryl methyl sites for hydroxylation is 1. The summed E-state index contributed by atoms with van der Waals surface area (Å²) in [6, 6.07) is 8.14. The SMILES string of the molecule is CNCc1cccc(OCCn2cc(C)cn2)c1. The second-order valence-corrected chi connectivity index (χ2v) is 4.31. The van der Waals surface area contributed by atoms with Crippen LogP contribution in [-0.4, -0.2) is 23.4 Å². The average molecular weight is 245 g/mol. The first kappa shape index (κ1) is 12.6. The van der Waals surface area contributed by atoms with Crippen molar-refractivity contribution >= 4 is 0 Å². The Morgan fingerprint density at radius 2 is 2.28 bits per heavy atom. The number of hydrogen-bond donors (Lipinski definition) is 1. The molecule has 0 atom stereocenters. The van der Waals surface area contributed by atoms with E-state index in [2.05, 4.69) is 22.5 Å². The van der Waals surface area contributed by atoms with E-state index in [0.29, 0.717) is 6.61 Å². The lowest BCUT2D eigenvalue weighted by atomic mass is 10.2. The maximum Gasteiger partial charge on any atom is 0.119 e. The molecular weight excluding hydrogens is 226 g/mol. The number of rotatable bonds is 6. The van der Waals surface area contributed by atoms with Gasteiger partial charge in [0.05, 0.1) is 12.7 Å².